The van der Waals surface area contributed by atoms with Crippen LogP contribution in [0.5, 0.6) is 0 Å². The summed E-state index contributed by atoms with van der Waals surface area (Å²) in [6.07, 6.45) is 5.20. The van der Waals surface area contributed by atoms with Gasteiger partial charge in [0.1, 0.15) is 0 Å². The van der Waals surface area contributed by atoms with Gasteiger partial charge in [0.05, 0.1) is 4.48 Å². The van der Waals surface area contributed by atoms with Crippen LogP contribution in [0.15, 0.2) is 10.6 Å². The number of carboxylic acid groups (broad SMARTS) is 1. The standard InChI is InChI=1S/C5H11Cl.C4H5BrO2/c1-2-3-4-5-6;1-2-3(5)4(6)7/h2-5H2,1H3;2H,1H3,(H,6,7)/b;3-2-. The van der Waals surface area contributed by atoms with Crippen LogP contribution in [0.25, 0.3) is 0 Å². The zero-order chi connectivity index (χ0) is 10.7. The van der Waals surface area contributed by atoms with E-state index < -0.39 is 5.97 Å². The zero-order valence-electron chi connectivity index (χ0n) is 8.02. The van der Waals surface area contributed by atoms with E-state index in [9.17, 15) is 4.79 Å². The Hall–Kier alpha value is -0.0200. The average molecular weight is 272 g/mol. The van der Waals surface area contributed by atoms with Gasteiger partial charge in [-0.05, 0) is 29.3 Å². The summed E-state index contributed by atoms with van der Waals surface area (Å²) in [4.78, 5) is 9.82. The molecule has 0 unspecified atom stereocenters. The Balaban J connectivity index is 0. The third-order valence-electron chi connectivity index (χ3n) is 1.19. The maximum absolute atomic E-state index is 9.82. The predicted molar refractivity (Wildman–Crippen MR) is 60.6 cm³/mol. The van der Waals surface area contributed by atoms with Gasteiger partial charge in [0.15, 0.2) is 0 Å². The van der Waals surface area contributed by atoms with Crippen molar-refractivity contribution in [1.82, 2.24) is 0 Å². The number of aliphatic carboxylic acids is 1. The average Bonchev–Trinajstić information content (AvgIpc) is 2.14. The molecule has 0 aliphatic carbocycles. The highest BCUT2D eigenvalue weighted by molar-refractivity contribution is 9.12. The van der Waals surface area contributed by atoms with Crippen molar-refractivity contribution >= 4 is 33.5 Å². The van der Waals surface area contributed by atoms with Crippen LogP contribution < -0.4 is 0 Å². The molecule has 0 bridgehead atoms. The van der Waals surface area contributed by atoms with E-state index in [2.05, 4.69) is 22.9 Å². The van der Waals surface area contributed by atoms with E-state index in [0.29, 0.717) is 0 Å². The second-order valence-electron chi connectivity index (χ2n) is 2.34. The van der Waals surface area contributed by atoms with Gasteiger partial charge in [-0.15, -0.1) is 11.6 Å². The van der Waals surface area contributed by atoms with Crippen LogP contribution in [0, 0.1) is 0 Å². The fourth-order valence-corrected chi connectivity index (χ4v) is 0.657. The molecule has 0 aromatic carbocycles. The molecule has 2 nitrogen and oxygen atoms in total. The van der Waals surface area contributed by atoms with Crippen molar-refractivity contribution in [2.24, 2.45) is 0 Å². The topological polar surface area (TPSA) is 37.3 Å². The summed E-state index contributed by atoms with van der Waals surface area (Å²) in [5.41, 5.74) is 0. The molecule has 0 saturated carbocycles. The van der Waals surface area contributed by atoms with E-state index >= 15 is 0 Å². The van der Waals surface area contributed by atoms with Crippen LogP contribution in [-0.2, 0) is 4.79 Å². The van der Waals surface area contributed by atoms with Gasteiger partial charge in [-0.25, -0.2) is 4.79 Å². The van der Waals surface area contributed by atoms with Gasteiger partial charge in [-0.3, -0.25) is 0 Å². The molecular weight excluding hydrogens is 255 g/mol. The van der Waals surface area contributed by atoms with E-state index in [0.717, 1.165) is 5.88 Å². The third-order valence-corrected chi connectivity index (χ3v) is 2.26. The zero-order valence-corrected chi connectivity index (χ0v) is 10.4. The molecule has 0 aromatic heterocycles. The Morgan fingerprint density at radius 2 is 2.08 bits per heavy atom. The van der Waals surface area contributed by atoms with Gasteiger partial charge in [-0.2, -0.15) is 0 Å². The number of hydrogen-bond acceptors (Lipinski definition) is 1. The number of carboxylic acids is 1. The molecule has 0 rings (SSSR count). The van der Waals surface area contributed by atoms with Crippen LogP contribution in [0.2, 0.25) is 0 Å². The van der Waals surface area contributed by atoms with Crippen LogP contribution in [0.1, 0.15) is 33.1 Å². The Bertz CT molecular complexity index is 154. The Kier molecular flexibility index (Phi) is 14.2. The molecule has 0 amide bonds. The molecule has 0 fully saturated rings. The molecule has 78 valence electrons. The number of halogens is 2. The number of allylic oxidation sites excluding steroid dienone is 1. The SMILES string of the molecule is C/C=C(\Br)C(=O)O.CCCCCCl. The lowest BCUT2D eigenvalue weighted by Gasteiger charge is -1.84. The fourth-order valence-electron chi connectivity index (χ4n) is 0.468. The van der Waals surface area contributed by atoms with Crippen molar-refractivity contribution in [1.29, 1.82) is 0 Å². The Morgan fingerprint density at radius 3 is 2.15 bits per heavy atom. The second-order valence-corrected chi connectivity index (χ2v) is 3.57. The summed E-state index contributed by atoms with van der Waals surface area (Å²) < 4.78 is 0.201. The summed E-state index contributed by atoms with van der Waals surface area (Å²) in [6, 6.07) is 0. The fraction of sp³-hybridized carbons (Fsp3) is 0.667. The first-order valence-corrected chi connectivity index (χ1v) is 5.53. The quantitative estimate of drug-likeness (QED) is 0.480. The monoisotopic (exact) mass is 270 g/mol. The predicted octanol–water partition coefficient (Wildman–Crippen LogP) is 3.79. The van der Waals surface area contributed by atoms with Gasteiger partial charge in [0.2, 0.25) is 0 Å². The number of unbranched alkanes of at least 4 members (excludes halogenated alkanes) is 2. The highest BCUT2D eigenvalue weighted by Gasteiger charge is 1.96. The summed E-state index contributed by atoms with van der Waals surface area (Å²) in [5, 5.41) is 8.07. The first kappa shape index (κ1) is 15.5. The van der Waals surface area contributed by atoms with Crippen molar-refractivity contribution < 1.29 is 9.90 Å². The van der Waals surface area contributed by atoms with Gasteiger partial charge >= 0.3 is 5.97 Å². The highest BCUT2D eigenvalue weighted by Crippen LogP contribution is 2.01. The molecule has 0 aliphatic heterocycles. The van der Waals surface area contributed by atoms with Crippen molar-refractivity contribution in [3.8, 4) is 0 Å². The highest BCUT2D eigenvalue weighted by atomic mass is 79.9. The lowest BCUT2D eigenvalue weighted by atomic mass is 10.3. The summed E-state index contributed by atoms with van der Waals surface area (Å²) >= 11 is 8.18. The van der Waals surface area contributed by atoms with Crippen molar-refractivity contribution in [2.45, 2.75) is 33.1 Å². The van der Waals surface area contributed by atoms with Gasteiger partial charge < -0.3 is 5.11 Å². The molecule has 13 heavy (non-hydrogen) atoms. The third kappa shape index (κ3) is 14.8. The number of hydrogen-bond donors (Lipinski definition) is 1. The van der Waals surface area contributed by atoms with E-state index in [1.807, 2.05) is 0 Å². The number of alkyl halides is 1. The van der Waals surface area contributed by atoms with Gasteiger partial charge in [-0.1, -0.05) is 25.8 Å². The minimum Gasteiger partial charge on any atom is -0.477 e. The molecular formula is C9H16BrClO2. The van der Waals surface area contributed by atoms with Crippen LogP contribution in [-0.4, -0.2) is 17.0 Å². The molecule has 0 radical (unpaired) electrons. The lowest BCUT2D eigenvalue weighted by molar-refractivity contribution is -0.131. The molecule has 0 saturated heterocycles. The number of rotatable bonds is 4. The minimum atomic E-state index is -0.928. The first-order valence-electron chi connectivity index (χ1n) is 4.21. The second kappa shape index (κ2) is 12.0. The summed E-state index contributed by atoms with van der Waals surface area (Å²) in [6.45, 7) is 3.82. The number of carbonyl (C=O) groups is 1. The van der Waals surface area contributed by atoms with E-state index in [4.69, 9.17) is 16.7 Å². The largest absolute Gasteiger partial charge is 0.477 e. The Labute approximate surface area is 93.1 Å². The van der Waals surface area contributed by atoms with Crippen molar-refractivity contribution in [3.63, 3.8) is 0 Å². The van der Waals surface area contributed by atoms with Crippen molar-refractivity contribution in [2.75, 3.05) is 5.88 Å². The minimum absolute atomic E-state index is 0.201. The van der Waals surface area contributed by atoms with Gasteiger partial charge in [0, 0.05) is 5.88 Å². The molecule has 1 N–H and O–H groups in total. The molecule has 4 heteroatoms. The molecule has 0 spiro atoms. The first-order chi connectivity index (χ1) is 6.09. The van der Waals surface area contributed by atoms with Crippen molar-refractivity contribution in [3.05, 3.63) is 10.6 Å². The van der Waals surface area contributed by atoms with E-state index in [1.165, 1.54) is 25.3 Å². The summed E-state index contributed by atoms with van der Waals surface area (Å²) in [7, 11) is 0. The molecule has 0 aromatic rings. The van der Waals surface area contributed by atoms with Crippen LogP contribution in [0.4, 0.5) is 0 Å². The molecule has 0 heterocycles. The Morgan fingerprint density at radius 1 is 1.54 bits per heavy atom. The maximum Gasteiger partial charge on any atom is 0.342 e. The van der Waals surface area contributed by atoms with Gasteiger partial charge in [0.25, 0.3) is 0 Å². The smallest absolute Gasteiger partial charge is 0.342 e. The normalized spacial score (nSPS) is 10.3. The summed E-state index contributed by atoms with van der Waals surface area (Å²) in [5.74, 6) is -0.101. The van der Waals surface area contributed by atoms with E-state index in [-0.39, 0.29) is 4.48 Å². The lowest BCUT2D eigenvalue weighted by Crippen LogP contribution is -1.91. The molecule has 0 atom stereocenters. The van der Waals surface area contributed by atoms with Crippen LogP contribution in [0.3, 0.4) is 0 Å². The maximum atomic E-state index is 9.82. The van der Waals surface area contributed by atoms with E-state index in [1.54, 1.807) is 6.92 Å². The van der Waals surface area contributed by atoms with Crippen LogP contribution >= 0.6 is 27.5 Å². The molecule has 0 aliphatic rings.